The highest BCUT2D eigenvalue weighted by Crippen LogP contribution is 2.27. The van der Waals surface area contributed by atoms with Crippen LogP contribution in [0.1, 0.15) is 39.5 Å². The first-order valence-corrected chi connectivity index (χ1v) is 7.64. The second kappa shape index (κ2) is 8.13. The molecule has 0 aliphatic heterocycles. The van der Waals surface area contributed by atoms with Crippen LogP contribution in [0.5, 0.6) is 0 Å². The van der Waals surface area contributed by atoms with Crippen molar-refractivity contribution in [2.45, 2.75) is 51.6 Å². The Morgan fingerprint density at radius 1 is 1.17 bits per heavy atom. The summed E-state index contributed by atoms with van der Waals surface area (Å²) >= 11 is 0. The molecule has 1 fully saturated rings. The molecular weight excluding hydrogens is 222 g/mol. The van der Waals surface area contributed by atoms with E-state index in [0.717, 1.165) is 12.0 Å². The molecule has 1 N–H and O–H groups in total. The van der Waals surface area contributed by atoms with Gasteiger partial charge in [-0.1, -0.05) is 13.8 Å². The summed E-state index contributed by atoms with van der Waals surface area (Å²) in [7, 11) is 6.45. The monoisotopic (exact) mass is 255 g/mol. The third kappa shape index (κ3) is 4.87. The molecule has 1 saturated carbocycles. The number of hydrogen-bond donors (Lipinski definition) is 1. The van der Waals surface area contributed by atoms with Crippen molar-refractivity contribution in [2.75, 3.05) is 40.8 Å². The molecule has 0 bridgehead atoms. The van der Waals surface area contributed by atoms with Crippen LogP contribution >= 0.6 is 0 Å². The first kappa shape index (κ1) is 15.9. The number of hydrogen-bond acceptors (Lipinski definition) is 3. The zero-order valence-corrected chi connectivity index (χ0v) is 13.1. The third-order valence-electron chi connectivity index (χ3n) is 4.38. The maximum atomic E-state index is 3.54. The van der Waals surface area contributed by atoms with Gasteiger partial charge >= 0.3 is 0 Å². The van der Waals surface area contributed by atoms with Crippen LogP contribution in [0.25, 0.3) is 0 Å². The lowest BCUT2D eigenvalue weighted by atomic mass is 9.82. The molecule has 3 atom stereocenters. The van der Waals surface area contributed by atoms with Gasteiger partial charge in [0, 0.05) is 12.1 Å². The van der Waals surface area contributed by atoms with Gasteiger partial charge in [0.2, 0.25) is 0 Å². The van der Waals surface area contributed by atoms with Crippen molar-refractivity contribution in [2.24, 2.45) is 5.92 Å². The molecule has 1 rings (SSSR count). The Labute approximate surface area is 114 Å². The molecule has 3 heteroatoms. The minimum Gasteiger partial charge on any atom is -0.315 e. The Morgan fingerprint density at radius 2 is 1.89 bits per heavy atom. The Hall–Kier alpha value is -0.120. The summed E-state index contributed by atoms with van der Waals surface area (Å²) in [5, 5.41) is 3.54. The average Bonchev–Trinajstić information content (AvgIpc) is 2.34. The van der Waals surface area contributed by atoms with Crippen molar-refractivity contribution in [3.8, 4) is 0 Å². The minimum atomic E-state index is 0.695. The lowest BCUT2D eigenvalue weighted by molar-refractivity contribution is 0.105. The molecule has 3 nitrogen and oxygen atoms in total. The van der Waals surface area contributed by atoms with Crippen LogP contribution in [0, 0.1) is 5.92 Å². The lowest BCUT2D eigenvalue weighted by Crippen LogP contribution is -2.52. The van der Waals surface area contributed by atoms with Crippen molar-refractivity contribution in [3.63, 3.8) is 0 Å². The molecule has 0 saturated heterocycles. The summed E-state index contributed by atoms with van der Waals surface area (Å²) in [6.45, 7) is 8.34. The second-order valence-corrected chi connectivity index (χ2v) is 6.17. The third-order valence-corrected chi connectivity index (χ3v) is 4.38. The molecule has 1 aliphatic carbocycles. The molecule has 0 aromatic heterocycles. The molecule has 18 heavy (non-hydrogen) atoms. The van der Waals surface area contributed by atoms with Crippen molar-refractivity contribution >= 4 is 0 Å². The predicted molar refractivity (Wildman–Crippen MR) is 80.1 cm³/mol. The van der Waals surface area contributed by atoms with Crippen LogP contribution in [-0.4, -0.2) is 62.7 Å². The smallest absolute Gasteiger partial charge is 0.0251 e. The van der Waals surface area contributed by atoms with E-state index in [0.29, 0.717) is 6.04 Å². The molecular formula is C15H33N3. The molecule has 108 valence electrons. The van der Waals surface area contributed by atoms with E-state index in [9.17, 15) is 0 Å². The highest BCUT2D eigenvalue weighted by atomic mass is 15.2. The fourth-order valence-electron chi connectivity index (χ4n) is 3.24. The van der Waals surface area contributed by atoms with Crippen molar-refractivity contribution in [1.29, 1.82) is 0 Å². The van der Waals surface area contributed by atoms with Gasteiger partial charge in [0.05, 0.1) is 0 Å². The van der Waals surface area contributed by atoms with Gasteiger partial charge in [0.1, 0.15) is 0 Å². The standard InChI is InChI=1S/C15H33N3/c1-6-18(11-7-10-17(4)5)15-12-13(2)8-9-14(15)16-3/h13-16H,6-12H2,1-5H3. The quantitative estimate of drug-likeness (QED) is 0.751. The van der Waals surface area contributed by atoms with E-state index in [1.807, 2.05) is 0 Å². The average molecular weight is 255 g/mol. The maximum absolute atomic E-state index is 3.54. The van der Waals surface area contributed by atoms with Gasteiger partial charge in [-0.25, -0.2) is 0 Å². The Kier molecular flexibility index (Phi) is 7.20. The summed E-state index contributed by atoms with van der Waals surface area (Å²) in [6.07, 6.45) is 5.37. The van der Waals surface area contributed by atoms with Crippen LogP contribution in [-0.2, 0) is 0 Å². The van der Waals surface area contributed by atoms with Gasteiger partial charge < -0.3 is 10.2 Å². The van der Waals surface area contributed by atoms with E-state index >= 15 is 0 Å². The molecule has 0 spiro atoms. The summed E-state index contributed by atoms with van der Waals surface area (Å²) in [6, 6.07) is 1.44. The number of nitrogens with one attached hydrogen (secondary N) is 1. The van der Waals surface area contributed by atoms with E-state index in [4.69, 9.17) is 0 Å². The van der Waals surface area contributed by atoms with Crippen LogP contribution in [0.4, 0.5) is 0 Å². The SMILES string of the molecule is CCN(CCCN(C)C)C1CC(C)CCC1NC. The van der Waals surface area contributed by atoms with Gasteiger partial charge in [-0.15, -0.1) is 0 Å². The van der Waals surface area contributed by atoms with Gasteiger partial charge in [0.25, 0.3) is 0 Å². The van der Waals surface area contributed by atoms with Crippen LogP contribution < -0.4 is 5.32 Å². The molecule has 0 radical (unpaired) electrons. The van der Waals surface area contributed by atoms with Gasteiger partial charge in [-0.05, 0) is 72.4 Å². The summed E-state index contributed by atoms with van der Waals surface area (Å²) in [4.78, 5) is 4.98. The van der Waals surface area contributed by atoms with Crippen LogP contribution in [0.15, 0.2) is 0 Å². The van der Waals surface area contributed by atoms with E-state index in [2.05, 4.69) is 50.1 Å². The number of rotatable bonds is 7. The Morgan fingerprint density at radius 3 is 2.44 bits per heavy atom. The molecule has 0 aromatic rings. The molecule has 3 unspecified atom stereocenters. The number of nitrogens with zero attached hydrogens (tertiary/aromatic N) is 2. The van der Waals surface area contributed by atoms with E-state index in [1.54, 1.807) is 0 Å². The Bertz CT molecular complexity index is 218. The van der Waals surface area contributed by atoms with E-state index < -0.39 is 0 Å². The van der Waals surface area contributed by atoms with Crippen molar-refractivity contribution < 1.29 is 0 Å². The second-order valence-electron chi connectivity index (χ2n) is 6.17. The van der Waals surface area contributed by atoms with E-state index in [-0.39, 0.29) is 0 Å². The van der Waals surface area contributed by atoms with Gasteiger partial charge in [0.15, 0.2) is 0 Å². The zero-order valence-electron chi connectivity index (χ0n) is 13.1. The maximum Gasteiger partial charge on any atom is 0.0251 e. The van der Waals surface area contributed by atoms with Crippen molar-refractivity contribution in [1.82, 2.24) is 15.1 Å². The molecule has 0 heterocycles. The highest BCUT2D eigenvalue weighted by Gasteiger charge is 2.31. The lowest BCUT2D eigenvalue weighted by Gasteiger charge is -2.42. The van der Waals surface area contributed by atoms with Crippen LogP contribution in [0.3, 0.4) is 0 Å². The van der Waals surface area contributed by atoms with E-state index in [1.165, 1.54) is 45.3 Å². The van der Waals surface area contributed by atoms with Crippen LogP contribution in [0.2, 0.25) is 0 Å². The predicted octanol–water partition coefficient (Wildman–Crippen LogP) is 2.04. The molecule has 1 aliphatic rings. The zero-order chi connectivity index (χ0) is 13.5. The fraction of sp³-hybridized carbons (Fsp3) is 1.00. The summed E-state index contributed by atoms with van der Waals surface area (Å²) in [5.74, 6) is 0.891. The summed E-state index contributed by atoms with van der Waals surface area (Å²) < 4.78 is 0. The largest absolute Gasteiger partial charge is 0.315 e. The Balaban J connectivity index is 2.49. The molecule has 0 aromatic carbocycles. The number of likely N-dealkylation sites (N-methyl/N-ethyl adjacent to an activating group) is 2. The normalized spacial score (nSPS) is 29.2. The first-order valence-electron chi connectivity index (χ1n) is 7.64. The topological polar surface area (TPSA) is 18.5 Å². The van der Waals surface area contributed by atoms with Crippen molar-refractivity contribution in [3.05, 3.63) is 0 Å². The minimum absolute atomic E-state index is 0.695. The van der Waals surface area contributed by atoms with Gasteiger partial charge in [-0.3, -0.25) is 4.90 Å². The van der Waals surface area contributed by atoms with Gasteiger partial charge in [-0.2, -0.15) is 0 Å². The molecule has 0 amide bonds. The first-order chi connectivity index (χ1) is 8.58. The fourth-order valence-corrected chi connectivity index (χ4v) is 3.24. The summed E-state index contributed by atoms with van der Waals surface area (Å²) in [5.41, 5.74) is 0. The highest BCUT2D eigenvalue weighted by molar-refractivity contribution is 4.89.